The highest BCUT2D eigenvalue weighted by Gasteiger charge is 2.05. The van der Waals surface area contributed by atoms with Gasteiger partial charge in [-0.05, 0) is 23.5 Å². The minimum Gasteiger partial charge on any atom is -0.324 e. The van der Waals surface area contributed by atoms with Crippen molar-refractivity contribution in [3.8, 4) is 0 Å². The maximum absolute atomic E-state index is 6.00. The predicted molar refractivity (Wildman–Crippen MR) is 69.5 cm³/mol. The fraction of sp³-hybridized carbons (Fsp3) is 0.385. The van der Waals surface area contributed by atoms with E-state index in [0.29, 0.717) is 5.92 Å². The summed E-state index contributed by atoms with van der Waals surface area (Å²) in [6, 6.07) is 8.59. The summed E-state index contributed by atoms with van der Waals surface area (Å²) in [7, 11) is 0. The van der Waals surface area contributed by atoms with Crippen LogP contribution in [0.15, 0.2) is 36.9 Å². The van der Waals surface area contributed by atoms with Crippen molar-refractivity contribution in [1.82, 2.24) is 0 Å². The van der Waals surface area contributed by atoms with Gasteiger partial charge in [0.05, 0.1) is 0 Å². The lowest BCUT2D eigenvalue weighted by Gasteiger charge is -2.12. The molecule has 0 aliphatic heterocycles. The molecule has 1 nitrogen and oxygen atoms in total. The van der Waals surface area contributed by atoms with Crippen molar-refractivity contribution in [2.45, 2.75) is 32.2 Å². The second-order valence-corrected chi connectivity index (χ2v) is 3.96. The Morgan fingerprint density at radius 2 is 1.93 bits per heavy atom. The summed E-state index contributed by atoms with van der Waals surface area (Å²) in [5, 5.41) is 0. The third-order valence-electron chi connectivity index (χ3n) is 2.43. The standard InChI is InChI=1S/C13H19N.ClH/c1-4-6-13(14)12-8-5-7-11(9-12)10(2)3;/h4-5,7-10,13H,1,6,14H2,2-3H3;1H/t13-;/m0./s1. The van der Waals surface area contributed by atoms with Crippen molar-refractivity contribution in [2.24, 2.45) is 5.73 Å². The molecule has 0 saturated heterocycles. The van der Waals surface area contributed by atoms with Gasteiger partial charge >= 0.3 is 0 Å². The second-order valence-electron chi connectivity index (χ2n) is 3.96. The average Bonchev–Trinajstić information content (AvgIpc) is 2.18. The van der Waals surface area contributed by atoms with Gasteiger partial charge in [0.1, 0.15) is 0 Å². The fourth-order valence-corrected chi connectivity index (χ4v) is 1.46. The first-order chi connectivity index (χ1) is 6.65. The van der Waals surface area contributed by atoms with Crippen LogP contribution in [0, 0.1) is 0 Å². The highest BCUT2D eigenvalue weighted by Crippen LogP contribution is 2.20. The molecule has 0 fully saturated rings. The highest BCUT2D eigenvalue weighted by atomic mass is 35.5. The first-order valence-electron chi connectivity index (χ1n) is 5.11. The smallest absolute Gasteiger partial charge is 0.0329 e. The summed E-state index contributed by atoms with van der Waals surface area (Å²) in [6.07, 6.45) is 2.70. The van der Waals surface area contributed by atoms with Gasteiger partial charge in [0.25, 0.3) is 0 Å². The van der Waals surface area contributed by atoms with Crippen LogP contribution in [0.5, 0.6) is 0 Å². The number of hydrogen-bond acceptors (Lipinski definition) is 1. The van der Waals surface area contributed by atoms with E-state index in [1.54, 1.807) is 0 Å². The monoisotopic (exact) mass is 225 g/mol. The van der Waals surface area contributed by atoms with Crippen LogP contribution in [0.25, 0.3) is 0 Å². The Labute approximate surface area is 98.8 Å². The molecular weight excluding hydrogens is 206 g/mol. The molecule has 0 aliphatic carbocycles. The number of halogens is 1. The molecule has 15 heavy (non-hydrogen) atoms. The highest BCUT2D eigenvalue weighted by molar-refractivity contribution is 5.85. The Balaban J connectivity index is 0.00000196. The fourth-order valence-electron chi connectivity index (χ4n) is 1.46. The van der Waals surface area contributed by atoms with Gasteiger partial charge in [0.15, 0.2) is 0 Å². The predicted octanol–water partition coefficient (Wildman–Crippen LogP) is 3.81. The van der Waals surface area contributed by atoms with Gasteiger partial charge < -0.3 is 5.73 Å². The first-order valence-corrected chi connectivity index (χ1v) is 5.11. The summed E-state index contributed by atoms with van der Waals surface area (Å²) in [5.74, 6) is 0.561. The Bertz CT molecular complexity index is 307. The molecule has 0 unspecified atom stereocenters. The SMILES string of the molecule is C=CC[C@H](N)c1cccc(C(C)C)c1.Cl. The van der Waals surface area contributed by atoms with E-state index in [1.807, 2.05) is 6.08 Å². The van der Waals surface area contributed by atoms with E-state index in [9.17, 15) is 0 Å². The lowest BCUT2D eigenvalue weighted by molar-refractivity contribution is 0.736. The van der Waals surface area contributed by atoms with E-state index in [2.05, 4.69) is 44.7 Å². The molecule has 1 rings (SSSR count). The van der Waals surface area contributed by atoms with E-state index in [-0.39, 0.29) is 18.4 Å². The maximum atomic E-state index is 6.00. The molecule has 0 amide bonds. The summed E-state index contributed by atoms with van der Waals surface area (Å²) >= 11 is 0. The molecule has 0 bridgehead atoms. The van der Waals surface area contributed by atoms with Crippen LogP contribution in [-0.4, -0.2) is 0 Å². The van der Waals surface area contributed by atoms with E-state index >= 15 is 0 Å². The maximum Gasteiger partial charge on any atom is 0.0329 e. The van der Waals surface area contributed by atoms with Crippen molar-refractivity contribution < 1.29 is 0 Å². The van der Waals surface area contributed by atoms with E-state index in [0.717, 1.165) is 6.42 Å². The van der Waals surface area contributed by atoms with Crippen molar-refractivity contribution >= 4 is 12.4 Å². The van der Waals surface area contributed by atoms with Crippen molar-refractivity contribution in [1.29, 1.82) is 0 Å². The van der Waals surface area contributed by atoms with Gasteiger partial charge in [-0.3, -0.25) is 0 Å². The molecule has 0 radical (unpaired) electrons. The molecule has 0 saturated carbocycles. The van der Waals surface area contributed by atoms with Crippen molar-refractivity contribution in [3.05, 3.63) is 48.0 Å². The summed E-state index contributed by atoms with van der Waals surface area (Å²) < 4.78 is 0. The van der Waals surface area contributed by atoms with Gasteiger partial charge in [0.2, 0.25) is 0 Å². The van der Waals surface area contributed by atoms with Crippen LogP contribution < -0.4 is 5.73 Å². The zero-order valence-electron chi connectivity index (χ0n) is 9.44. The second kappa shape index (κ2) is 6.65. The average molecular weight is 226 g/mol. The van der Waals surface area contributed by atoms with Crippen LogP contribution in [-0.2, 0) is 0 Å². The minimum atomic E-state index is 0. The van der Waals surface area contributed by atoms with E-state index < -0.39 is 0 Å². The molecule has 1 atom stereocenters. The first kappa shape index (κ1) is 14.2. The van der Waals surface area contributed by atoms with Crippen LogP contribution in [0.1, 0.15) is 43.4 Å². The minimum absolute atomic E-state index is 0. The van der Waals surface area contributed by atoms with Crippen LogP contribution >= 0.6 is 12.4 Å². The number of nitrogens with two attached hydrogens (primary N) is 1. The molecular formula is C13H20ClN. The number of hydrogen-bond donors (Lipinski definition) is 1. The molecule has 0 aromatic heterocycles. The van der Waals surface area contributed by atoms with Crippen LogP contribution in [0.4, 0.5) is 0 Å². The molecule has 84 valence electrons. The molecule has 1 aromatic carbocycles. The van der Waals surface area contributed by atoms with E-state index in [1.165, 1.54) is 11.1 Å². The van der Waals surface area contributed by atoms with E-state index in [4.69, 9.17) is 5.73 Å². The lowest BCUT2D eigenvalue weighted by atomic mass is 9.97. The lowest BCUT2D eigenvalue weighted by Crippen LogP contribution is -2.09. The Morgan fingerprint density at radius 1 is 1.33 bits per heavy atom. The Kier molecular flexibility index (Phi) is 6.30. The molecule has 0 aliphatic rings. The van der Waals surface area contributed by atoms with Gasteiger partial charge in [0, 0.05) is 6.04 Å². The molecule has 2 heteroatoms. The third-order valence-corrected chi connectivity index (χ3v) is 2.43. The Hall–Kier alpha value is -0.790. The van der Waals surface area contributed by atoms with Crippen molar-refractivity contribution in [3.63, 3.8) is 0 Å². The van der Waals surface area contributed by atoms with Gasteiger partial charge in [-0.25, -0.2) is 0 Å². The van der Waals surface area contributed by atoms with Crippen molar-refractivity contribution in [2.75, 3.05) is 0 Å². The quantitative estimate of drug-likeness (QED) is 0.775. The molecule has 0 spiro atoms. The Morgan fingerprint density at radius 3 is 2.47 bits per heavy atom. The number of rotatable bonds is 4. The molecule has 0 heterocycles. The van der Waals surface area contributed by atoms with Crippen LogP contribution in [0.2, 0.25) is 0 Å². The summed E-state index contributed by atoms with van der Waals surface area (Å²) in [5.41, 5.74) is 8.56. The number of benzene rings is 1. The van der Waals surface area contributed by atoms with Crippen LogP contribution in [0.3, 0.4) is 0 Å². The summed E-state index contributed by atoms with van der Waals surface area (Å²) in [4.78, 5) is 0. The molecule has 1 aromatic rings. The van der Waals surface area contributed by atoms with Gasteiger partial charge in [-0.2, -0.15) is 0 Å². The topological polar surface area (TPSA) is 26.0 Å². The zero-order chi connectivity index (χ0) is 10.6. The third kappa shape index (κ3) is 4.06. The van der Waals surface area contributed by atoms with Gasteiger partial charge in [-0.1, -0.05) is 44.2 Å². The zero-order valence-corrected chi connectivity index (χ0v) is 10.3. The summed E-state index contributed by atoms with van der Waals surface area (Å²) in [6.45, 7) is 8.09. The molecule has 2 N–H and O–H groups in total. The van der Waals surface area contributed by atoms with Gasteiger partial charge in [-0.15, -0.1) is 19.0 Å². The normalized spacial score (nSPS) is 12.0. The largest absolute Gasteiger partial charge is 0.324 e.